The Morgan fingerprint density at radius 1 is 1.30 bits per heavy atom. The lowest BCUT2D eigenvalue weighted by molar-refractivity contribution is 0.305. The predicted octanol–water partition coefficient (Wildman–Crippen LogP) is 4.00. The molecule has 0 atom stereocenters. The fourth-order valence-electron chi connectivity index (χ4n) is 1.74. The van der Waals surface area contributed by atoms with E-state index >= 15 is 0 Å². The molecular formula is C15H13ClFNOS. The summed E-state index contributed by atoms with van der Waals surface area (Å²) in [6, 6.07) is 9.68. The van der Waals surface area contributed by atoms with Gasteiger partial charge in [0, 0.05) is 5.56 Å². The van der Waals surface area contributed by atoms with Crippen molar-refractivity contribution >= 4 is 28.8 Å². The molecule has 2 N–H and O–H groups in total. The number of hydrogen-bond donors (Lipinski definition) is 1. The van der Waals surface area contributed by atoms with Crippen molar-refractivity contribution in [3.8, 4) is 5.75 Å². The van der Waals surface area contributed by atoms with Crippen LogP contribution in [0.5, 0.6) is 5.75 Å². The molecule has 2 aromatic carbocycles. The first kappa shape index (κ1) is 14.8. The molecular weight excluding hydrogens is 297 g/mol. The minimum Gasteiger partial charge on any atom is -0.489 e. The van der Waals surface area contributed by atoms with E-state index in [0.717, 1.165) is 11.1 Å². The van der Waals surface area contributed by atoms with Crippen molar-refractivity contribution in [3.63, 3.8) is 0 Å². The molecule has 0 aromatic heterocycles. The highest BCUT2D eigenvalue weighted by Gasteiger charge is 2.06. The smallest absolute Gasteiger partial charge is 0.123 e. The Morgan fingerprint density at radius 2 is 2.05 bits per heavy atom. The summed E-state index contributed by atoms with van der Waals surface area (Å²) in [7, 11) is 0. The van der Waals surface area contributed by atoms with Crippen LogP contribution in [-0.4, -0.2) is 4.99 Å². The van der Waals surface area contributed by atoms with Crippen LogP contribution in [0.25, 0.3) is 0 Å². The summed E-state index contributed by atoms with van der Waals surface area (Å²) in [6.07, 6.45) is 0. The Balaban J connectivity index is 2.13. The fourth-order valence-corrected chi connectivity index (χ4v) is 2.25. The van der Waals surface area contributed by atoms with E-state index in [1.54, 1.807) is 24.3 Å². The van der Waals surface area contributed by atoms with E-state index < -0.39 is 0 Å². The summed E-state index contributed by atoms with van der Waals surface area (Å²) in [6.45, 7) is 2.17. The standard InChI is InChI=1S/C15H13ClFNOS/c1-9-2-3-11(17)6-10(9)8-19-12-4-5-13(15(18)20)14(16)7-12/h2-7H,8H2,1H3,(H2,18,20). The number of benzene rings is 2. The lowest BCUT2D eigenvalue weighted by Crippen LogP contribution is -2.10. The molecule has 0 fully saturated rings. The third-order valence-corrected chi connectivity index (χ3v) is 3.44. The van der Waals surface area contributed by atoms with Gasteiger partial charge in [-0.15, -0.1) is 0 Å². The molecule has 104 valence electrons. The summed E-state index contributed by atoms with van der Waals surface area (Å²) in [5.74, 6) is 0.301. The molecule has 0 amide bonds. The average molecular weight is 310 g/mol. The number of halogens is 2. The van der Waals surface area contributed by atoms with Crippen LogP contribution in [0.1, 0.15) is 16.7 Å². The number of hydrogen-bond acceptors (Lipinski definition) is 2. The Bertz CT molecular complexity index is 660. The number of ether oxygens (including phenoxy) is 1. The van der Waals surface area contributed by atoms with Crippen molar-refractivity contribution in [3.05, 3.63) is 63.9 Å². The van der Waals surface area contributed by atoms with E-state index in [9.17, 15) is 4.39 Å². The van der Waals surface area contributed by atoms with Crippen LogP contribution in [0.15, 0.2) is 36.4 Å². The van der Waals surface area contributed by atoms with Gasteiger partial charge in [-0.1, -0.05) is 29.9 Å². The predicted molar refractivity (Wildman–Crippen MR) is 82.8 cm³/mol. The van der Waals surface area contributed by atoms with Gasteiger partial charge in [0.05, 0.1) is 5.02 Å². The topological polar surface area (TPSA) is 35.2 Å². The molecule has 2 nitrogen and oxygen atoms in total. The van der Waals surface area contributed by atoms with Crippen LogP contribution in [0, 0.1) is 12.7 Å². The number of rotatable bonds is 4. The average Bonchev–Trinajstić information content (AvgIpc) is 2.39. The van der Waals surface area contributed by atoms with Crippen molar-refractivity contribution in [2.75, 3.05) is 0 Å². The molecule has 2 aromatic rings. The fraction of sp³-hybridized carbons (Fsp3) is 0.133. The van der Waals surface area contributed by atoms with E-state index in [4.69, 9.17) is 34.3 Å². The third kappa shape index (κ3) is 3.46. The summed E-state index contributed by atoms with van der Waals surface area (Å²) in [4.78, 5) is 0.238. The first-order chi connectivity index (χ1) is 9.47. The normalized spacial score (nSPS) is 10.3. The Hall–Kier alpha value is -1.65. The molecule has 0 bridgehead atoms. The molecule has 0 spiro atoms. The van der Waals surface area contributed by atoms with E-state index in [1.807, 2.05) is 6.92 Å². The minimum atomic E-state index is -0.281. The maximum absolute atomic E-state index is 13.2. The highest BCUT2D eigenvalue weighted by atomic mass is 35.5. The molecule has 5 heteroatoms. The van der Waals surface area contributed by atoms with Crippen molar-refractivity contribution in [1.82, 2.24) is 0 Å². The number of aryl methyl sites for hydroxylation is 1. The first-order valence-corrected chi connectivity index (χ1v) is 6.73. The second kappa shape index (κ2) is 6.20. The molecule has 2 rings (SSSR count). The van der Waals surface area contributed by atoms with Crippen LogP contribution in [-0.2, 0) is 6.61 Å². The SMILES string of the molecule is Cc1ccc(F)cc1COc1ccc(C(N)=S)c(Cl)c1. The van der Waals surface area contributed by atoms with E-state index in [1.165, 1.54) is 12.1 Å². The molecule has 0 unspecified atom stereocenters. The van der Waals surface area contributed by atoms with Crippen molar-refractivity contribution in [2.45, 2.75) is 13.5 Å². The molecule has 0 saturated carbocycles. The highest BCUT2D eigenvalue weighted by molar-refractivity contribution is 7.80. The third-order valence-electron chi connectivity index (χ3n) is 2.91. The number of nitrogens with two attached hydrogens (primary N) is 1. The summed E-state index contributed by atoms with van der Waals surface area (Å²) in [5.41, 5.74) is 7.90. The van der Waals surface area contributed by atoms with Crippen molar-refractivity contribution < 1.29 is 9.13 Å². The van der Waals surface area contributed by atoms with Gasteiger partial charge in [-0.2, -0.15) is 0 Å². The van der Waals surface area contributed by atoms with Crippen LogP contribution in [0.4, 0.5) is 4.39 Å². The van der Waals surface area contributed by atoms with Gasteiger partial charge in [0.1, 0.15) is 23.2 Å². The van der Waals surface area contributed by atoms with Crippen molar-refractivity contribution in [2.24, 2.45) is 5.73 Å². The van der Waals surface area contributed by atoms with Gasteiger partial charge in [-0.3, -0.25) is 0 Å². The summed E-state index contributed by atoms with van der Waals surface area (Å²) in [5, 5.41) is 0.436. The Kier molecular flexibility index (Phi) is 4.57. The maximum atomic E-state index is 13.2. The summed E-state index contributed by atoms with van der Waals surface area (Å²) >= 11 is 10.9. The molecule has 0 aliphatic rings. The van der Waals surface area contributed by atoms with Crippen LogP contribution < -0.4 is 10.5 Å². The van der Waals surface area contributed by atoms with Gasteiger partial charge in [-0.05, 0) is 48.4 Å². The van der Waals surface area contributed by atoms with Gasteiger partial charge in [0.15, 0.2) is 0 Å². The van der Waals surface area contributed by atoms with Gasteiger partial charge in [0.25, 0.3) is 0 Å². The Labute approximate surface area is 127 Å². The Morgan fingerprint density at radius 3 is 2.70 bits per heavy atom. The lowest BCUT2D eigenvalue weighted by Gasteiger charge is -2.10. The van der Waals surface area contributed by atoms with Crippen LogP contribution in [0.2, 0.25) is 5.02 Å². The minimum absolute atomic E-state index is 0.238. The van der Waals surface area contributed by atoms with E-state index in [-0.39, 0.29) is 17.4 Å². The largest absolute Gasteiger partial charge is 0.489 e. The van der Waals surface area contributed by atoms with Gasteiger partial charge in [0.2, 0.25) is 0 Å². The van der Waals surface area contributed by atoms with E-state index in [0.29, 0.717) is 16.3 Å². The molecule has 0 radical (unpaired) electrons. The second-order valence-electron chi connectivity index (χ2n) is 4.37. The molecule has 0 aliphatic heterocycles. The molecule has 20 heavy (non-hydrogen) atoms. The zero-order valence-corrected chi connectivity index (χ0v) is 12.4. The monoisotopic (exact) mass is 309 g/mol. The zero-order chi connectivity index (χ0) is 14.7. The van der Waals surface area contributed by atoms with E-state index in [2.05, 4.69) is 0 Å². The first-order valence-electron chi connectivity index (χ1n) is 5.94. The molecule has 0 saturated heterocycles. The lowest BCUT2D eigenvalue weighted by atomic mass is 10.1. The highest BCUT2D eigenvalue weighted by Crippen LogP contribution is 2.23. The van der Waals surface area contributed by atoms with Crippen LogP contribution in [0.3, 0.4) is 0 Å². The number of thiocarbonyl (C=S) groups is 1. The summed E-state index contributed by atoms with van der Waals surface area (Å²) < 4.78 is 18.8. The van der Waals surface area contributed by atoms with Crippen LogP contribution >= 0.6 is 23.8 Å². The van der Waals surface area contributed by atoms with Gasteiger partial charge >= 0.3 is 0 Å². The van der Waals surface area contributed by atoms with Gasteiger partial charge in [-0.25, -0.2) is 4.39 Å². The zero-order valence-electron chi connectivity index (χ0n) is 10.8. The maximum Gasteiger partial charge on any atom is 0.123 e. The molecule has 0 aliphatic carbocycles. The quantitative estimate of drug-likeness (QED) is 0.867. The molecule has 0 heterocycles. The van der Waals surface area contributed by atoms with Crippen molar-refractivity contribution in [1.29, 1.82) is 0 Å². The second-order valence-corrected chi connectivity index (χ2v) is 5.21. The van der Waals surface area contributed by atoms with Gasteiger partial charge < -0.3 is 10.5 Å².